The molecule has 0 bridgehead atoms. The molecule has 0 aliphatic carbocycles. The van der Waals surface area contributed by atoms with Gasteiger partial charge in [0.1, 0.15) is 5.75 Å². The molecular formula is C13H20O2. The van der Waals surface area contributed by atoms with Gasteiger partial charge >= 0.3 is 0 Å². The molecule has 2 nitrogen and oxygen atoms in total. The number of aryl methyl sites for hydroxylation is 1. The molecule has 0 saturated carbocycles. The molecule has 0 saturated heterocycles. The molecule has 0 spiro atoms. The number of hydrogen-bond acceptors (Lipinski definition) is 2. The van der Waals surface area contributed by atoms with Gasteiger partial charge in [0.2, 0.25) is 0 Å². The Labute approximate surface area is 91.9 Å². The molecule has 0 heterocycles. The lowest BCUT2D eigenvalue weighted by atomic mass is 10.0. The summed E-state index contributed by atoms with van der Waals surface area (Å²) in [5.74, 6) is 0.809. The SMILES string of the molecule is CCCC(O)c1cc(C)ccc1OCC. The summed E-state index contributed by atoms with van der Waals surface area (Å²) in [4.78, 5) is 0. The Hall–Kier alpha value is -1.02. The van der Waals surface area contributed by atoms with Crippen LogP contribution < -0.4 is 4.74 Å². The van der Waals surface area contributed by atoms with Crippen LogP contribution in [0, 0.1) is 6.92 Å². The second kappa shape index (κ2) is 5.76. The van der Waals surface area contributed by atoms with Gasteiger partial charge in [-0.25, -0.2) is 0 Å². The number of aliphatic hydroxyl groups is 1. The van der Waals surface area contributed by atoms with Crippen molar-refractivity contribution in [1.82, 2.24) is 0 Å². The molecule has 1 N–H and O–H groups in total. The van der Waals surface area contributed by atoms with Gasteiger partial charge in [0.05, 0.1) is 12.7 Å². The second-order valence-corrected chi connectivity index (χ2v) is 3.78. The second-order valence-electron chi connectivity index (χ2n) is 3.78. The first kappa shape index (κ1) is 12.1. The van der Waals surface area contributed by atoms with E-state index in [4.69, 9.17) is 4.74 Å². The highest BCUT2D eigenvalue weighted by atomic mass is 16.5. The van der Waals surface area contributed by atoms with Crippen LogP contribution in [0.4, 0.5) is 0 Å². The van der Waals surface area contributed by atoms with Crippen LogP contribution in [0.3, 0.4) is 0 Å². The van der Waals surface area contributed by atoms with Crippen LogP contribution in [0.25, 0.3) is 0 Å². The van der Waals surface area contributed by atoms with Gasteiger partial charge in [-0.1, -0.05) is 25.0 Å². The minimum Gasteiger partial charge on any atom is -0.493 e. The topological polar surface area (TPSA) is 29.5 Å². The summed E-state index contributed by atoms with van der Waals surface area (Å²) >= 11 is 0. The minimum atomic E-state index is -0.406. The minimum absolute atomic E-state index is 0.406. The quantitative estimate of drug-likeness (QED) is 0.805. The molecule has 0 radical (unpaired) electrons. The van der Waals surface area contributed by atoms with E-state index in [0.717, 1.165) is 29.7 Å². The first-order valence-electron chi connectivity index (χ1n) is 5.60. The van der Waals surface area contributed by atoms with Gasteiger partial charge < -0.3 is 9.84 Å². The molecule has 2 heteroatoms. The average Bonchev–Trinajstić information content (AvgIpc) is 2.21. The highest BCUT2D eigenvalue weighted by Crippen LogP contribution is 2.29. The van der Waals surface area contributed by atoms with Gasteiger partial charge in [-0.3, -0.25) is 0 Å². The number of benzene rings is 1. The summed E-state index contributed by atoms with van der Waals surface area (Å²) in [6.07, 6.45) is 1.35. The van der Waals surface area contributed by atoms with Crippen molar-refractivity contribution >= 4 is 0 Å². The van der Waals surface area contributed by atoms with Crippen molar-refractivity contribution < 1.29 is 9.84 Å². The summed E-state index contributed by atoms with van der Waals surface area (Å²) < 4.78 is 5.50. The Morgan fingerprint density at radius 3 is 2.67 bits per heavy atom. The van der Waals surface area contributed by atoms with Gasteiger partial charge in [-0.2, -0.15) is 0 Å². The lowest BCUT2D eigenvalue weighted by Crippen LogP contribution is -2.02. The third-order valence-corrected chi connectivity index (χ3v) is 2.39. The molecule has 15 heavy (non-hydrogen) atoms. The van der Waals surface area contributed by atoms with E-state index in [1.54, 1.807) is 0 Å². The van der Waals surface area contributed by atoms with E-state index < -0.39 is 6.10 Å². The number of rotatable bonds is 5. The predicted molar refractivity (Wildman–Crippen MR) is 62.2 cm³/mol. The van der Waals surface area contributed by atoms with Crippen molar-refractivity contribution in [3.63, 3.8) is 0 Å². The third kappa shape index (κ3) is 3.24. The Kier molecular flexibility index (Phi) is 4.63. The molecule has 1 aromatic rings. The Bertz CT molecular complexity index is 307. The van der Waals surface area contributed by atoms with Crippen molar-refractivity contribution in [2.45, 2.75) is 39.7 Å². The van der Waals surface area contributed by atoms with Crippen LogP contribution in [0.15, 0.2) is 18.2 Å². The maximum absolute atomic E-state index is 9.97. The zero-order valence-corrected chi connectivity index (χ0v) is 9.79. The van der Waals surface area contributed by atoms with Crippen LogP contribution >= 0.6 is 0 Å². The molecule has 1 unspecified atom stereocenters. The number of ether oxygens (including phenoxy) is 1. The van der Waals surface area contributed by atoms with E-state index in [1.165, 1.54) is 0 Å². The summed E-state index contributed by atoms with van der Waals surface area (Å²) in [5, 5.41) is 9.97. The van der Waals surface area contributed by atoms with Gasteiger partial charge in [-0.05, 0) is 32.4 Å². The standard InChI is InChI=1S/C13H20O2/c1-4-6-12(14)11-9-10(3)7-8-13(11)15-5-2/h7-9,12,14H,4-6H2,1-3H3. The van der Waals surface area contributed by atoms with E-state index in [1.807, 2.05) is 32.0 Å². The van der Waals surface area contributed by atoms with Crippen molar-refractivity contribution in [3.05, 3.63) is 29.3 Å². The monoisotopic (exact) mass is 208 g/mol. The van der Waals surface area contributed by atoms with Gasteiger partial charge in [-0.15, -0.1) is 0 Å². The lowest BCUT2D eigenvalue weighted by Gasteiger charge is -2.15. The first-order valence-corrected chi connectivity index (χ1v) is 5.60. The van der Waals surface area contributed by atoms with Crippen LogP contribution in [0.2, 0.25) is 0 Å². The molecule has 0 amide bonds. The van der Waals surface area contributed by atoms with Gasteiger partial charge in [0, 0.05) is 5.56 Å². The molecule has 1 atom stereocenters. The largest absolute Gasteiger partial charge is 0.493 e. The van der Waals surface area contributed by atoms with E-state index in [2.05, 4.69) is 6.92 Å². The summed E-state index contributed by atoms with van der Waals surface area (Å²) in [6, 6.07) is 5.95. The predicted octanol–water partition coefficient (Wildman–Crippen LogP) is 3.23. The van der Waals surface area contributed by atoms with E-state index in [-0.39, 0.29) is 0 Å². The van der Waals surface area contributed by atoms with E-state index in [9.17, 15) is 5.11 Å². The molecule has 84 valence electrons. The maximum atomic E-state index is 9.97. The molecule has 1 rings (SSSR count). The van der Waals surface area contributed by atoms with Crippen LogP contribution in [0.5, 0.6) is 5.75 Å². The van der Waals surface area contributed by atoms with Crippen LogP contribution in [-0.4, -0.2) is 11.7 Å². The normalized spacial score (nSPS) is 12.5. The fourth-order valence-electron chi connectivity index (χ4n) is 1.64. The summed E-state index contributed by atoms with van der Waals surface area (Å²) in [5.41, 5.74) is 2.07. The average molecular weight is 208 g/mol. The van der Waals surface area contributed by atoms with E-state index >= 15 is 0 Å². The zero-order chi connectivity index (χ0) is 11.3. The Balaban J connectivity index is 2.95. The highest BCUT2D eigenvalue weighted by Gasteiger charge is 2.12. The third-order valence-electron chi connectivity index (χ3n) is 2.39. The maximum Gasteiger partial charge on any atom is 0.125 e. The smallest absolute Gasteiger partial charge is 0.125 e. The Morgan fingerprint density at radius 1 is 1.33 bits per heavy atom. The molecule has 0 fully saturated rings. The van der Waals surface area contributed by atoms with Gasteiger partial charge in [0.15, 0.2) is 0 Å². The van der Waals surface area contributed by atoms with Crippen molar-refractivity contribution in [1.29, 1.82) is 0 Å². The number of hydrogen-bond donors (Lipinski definition) is 1. The molecule has 0 aliphatic rings. The highest BCUT2D eigenvalue weighted by molar-refractivity contribution is 5.38. The fourth-order valence-corrected chi connectivity index (χ4v) is 1.64. The molecule has 0 aliphatic heterocycles. The molecule has 1 aromatic carbocycles. The van der Waals surface area contributed by atoms with Crippen LogP contribution in [-0.2, 0) is 0 Å². The Morgan fingerprint density at radius 2 is 2.07 bits per heavy atom. The van der Waals surface area contributed by atoms with Crippen molar-refractivity contribution in [2.24, 2.45) is 0 Å². The summed E-state index contributed by atoms with van der Waals surface area (Å²) in [6.45, 7) is 6.68. The van der Waals surface area contributed by atoms with Gasteiger partial charge in [0.25, 0.3) is 0 Å². The van der Waals surface area contributed by atoms with Crippen molar-refractivity contribution in [2.75, 3.05) is 6.61 Å². The van der Waals surface area contributed by atoms with E-state index in [0.29, 0.717) is 6.61 Å². The fraction of sp³-hybridized carbons (Fsp3) is 0.538. The van der Waals surface area contributed by atoms with Crippen LogP contribution in [0.1, 0.15) is 43.9 Å². The lowest BCUT2D eigenvalue weighted by molar-refractivity contribution is 0.161. The zero-order valence-electron chi connectivity index (χ0n) is 9.79. The molecular weight excluding hydrogens is 188 g/mol. The van der Waals surface area contributed by atoms with Crippen molar-refractivity contribution in [3.8, 4) is 5.75 Å². The summed E-state index contributed by atoms with van der Waals surface area (Å²) in [7, 11) is 0. The number of aliphatic hydroxyl groups excluding tert-OH is 1. The first-order chi connectivity index (χ1) is 7.19. The molecule has 0 aromatic heterocycles.